The lowest BCUT2D eigenvalue weighted by molar-refractivity contribution is -0.142. The maximum atomic E-state index is 13.2. The maximum absolute atomic E-state index is 13.2. The number of aliphatic hydroxyl groups excluding tert-OH is 1. The Morgan fingerprint density at radius 2 is 1.24 bits per heavy atom. The van der Waals surface area contributed by atoms with Crippen LogP contribution in [0.3, 0.4) is 0 Å². The number of phenols is 1. The SMILES string of the molecule is CC(O)C(N)C(=O)NC(Cc1ccc(O)cc1)C(=O)NC(CCC(N)=O)C(=O)NC(CCC(N)=O)C(=O)O. The van der Waals surface area contributed by atoms with Crippen LogP contribution in [0.4, 0.5) is 0 Å². The third-order valence-electron chi connectivity index (χ3n) is 5.44. The first kappa shape index (κ1) is 31.8. The molecule has 15 nitrogen and oxygen atoms in total. The lowest BCUT2D eigenvalue weighted by Crippen LogP contribution is -2.58. The fourth-order valence-corrected chi connectivity index (χ4v) is 3.21. The zero-order chi connectivity index (χ0) is 29.0. The van der Waals surface area contributed by atoms with Crippen LogP contribution in [0.2, 0.25) is 0 Å². The summed E-state index contributed by atoms with van der Waals surface area (Å²) in [7, 11) is 0. The van der Waals surface area contributed by atoms with E-state index < -0.39 is 65.8 Å². The molecule has 0 saturated heterocycles. The fraction of sp³-hybridized carbons (Fsp3) is 0.478. The van der Waals surface area contributed by atoms with E-state index in [0.717, 1.165) is 0 Å². The number of hydrogen-bond donors (Lipinski definition) is 9. The number of carboxylic acid groups (broad SMARTS) is 1. The van der Waals surface area contributed by atoms with E-state index in [0.29, 0.717) is 5.56 Å². The molecule has 0 aliphatic heterocycles. The van der Waals surface area contributed by atoms with E-state index in [1.54, 1.807) is 0 Å². The molecular weight excluding hydrogens is 504 g/mol. The molecule has 0 aliphatic carbocycles. The predicted molar refractivity (Wildman–Crippen MR) is 132 cm³/mol. The van der Waals surface area contributed by atoms with Crippen molar-refractivity contribution < 1.29 is 44.1 Å². The zero-order valence-electron chi connectivity index (χ0n) is 20.8. The summed E-state index contributed by atoms with van der Waals surface area (Å²) in [5.41, 5.74) is 16.4. The molecule has 5 unspecified atom stereocenters. The van der Waals surface area contributed by atoms with Crippen molar-refractivity contribution in [1.82, 2.24) is 16.0 Å². The van der Waals surface area contributed by atoms with E-state index in [1.165, 1.54) is 31.2 Å². The molecule has 0 spiro atoms. The third kappa shape index (κ3) is 11.2. The van der Waals surface area contributed by atoms with Gasteiger partial charge in [0.25, 0.3) is 0 Å². The van der Waals surface area contributed by atoms with Gasteiger partial charge in [-0.25, -0.2) is 4.79 Å². The molecule has 0 saturated carbocycles. The Morgan fingerprint density at radius 3 is 1.71 bits per heavy atom. The number of carbonyl (C=O) groups excluding carboxylic acids is 5. The molecule has 0 aromatic heterocycles. The van der Waals surface area contributed by atoms with E-state index in [-0.39, 0.29) is 37.9 Å². The van der Waals surface area contributed by atoms with Crippen LogP contribution in [-0.2, 0) is 35.2 Å². The highest BCUT2D eigenvalue weighted by atomic mass is 16.4. The minimum absolute atomic E-state index is 0.0394. The van der Waals surface area contributed by atoms with Crippen molar-refractivity contribution in [3.8, 4) is 5.75 Å². The van der Waals surface area contributed by atoms with Gasteiger partial charge in [0.1, 0.15) is 29.9 Å². The topological polar surface area (TPSA) is 277 Å². The lowest BCUT2D eigenvalue weighted by atomic mass is 10.0. The van der Waals surface area contributed by atoms with Gasteiger partial charge in [-0.1, -0.05) is 12.1 Å². The molecule has 0 heterocycles. The third-order valence-corrected chi connectivity index (χ3v) is 5.44. The molecule has 5 amide bonds. The van der Waals surface area contributed by atoms with E-state index in [9.17, 15) is 44.1 Å². The van der Waals surface area contributed by atoms with Crippen LogP contribution in [0.1, 0.15) is 38.2 Å². The highest BCUT2D eigenvalue weighted by Crippen LogP contribution is 2.12. The summed E-state index contributed by atoms with van der Waals surface area (Å²) in [4.78, 5) is 72.4. The van der Waals surface area contributed by atoms with Crippen molar-refractivity contribution in [1.29, 1.82) is 0 Å². The predicted octanol–water partition coefficient (Wildman–Crippen LogP) is -3.29. The number of benzene rings is 1. The number of primary amides is 2. The molecule has 0 fully saturated rings. The number of carboxylic acids is 1. The second-order valence-corrected chi connectivity index (χ2v) is 8.67. The first-order valence-corrected chi connectivity index (χ1v) is 11.6. The van der Waals surface area contributed by atoms with Gasteiger partial charge in [-0.2, -0.15) is 0 Å². The number of rotatable bonds is 16. The number of phenolic OH excluding ortho intramolecular Hbond substituents is 1. The molecular formula is C23H34N6O9. The summed E-state index contributed by atoms with van der Waals surface area (Å²) in [6.07, 6.45) is -2.66. The molecule has 0 aliphatic rings. The minimum Gasteiger partial charge on any atom is -0.508 e. The van der Waals surface area contributed by atoms with Gasteiger partial charge in [-0.05, 0) is 37.5 Å². The van der Waals surface area contributed by atoms with Gasteiger partial charge in [0.15, 0.2) is 0 Å². The number of carbonyl (C=O) groups is 6. The average Bonchev–Trinajstić information content (AvgIpc) is 2.83. The van der Waals surface area contributed by atoms with Crippen molar-refractivity contribution in [2.45, 2.75) is 69.3 Å². The van der Waals surface area contributed by atoms with Crippen molar-refractivity contribution in [2.24, 2.45) is 17.2 Å². The Bertz CT molecular complexity index is 1020. The molecule has 5 atom stereocenters. The molecule has 15 heteroatoms. The van der Waals surface area contributed by atoms with Crippen LogP contribution in [0.25, 0.3) is 0 Å². The molecule has 1 aromatic carbocycles. The van der Waals surface area contributed by atoms with E-state index in [4.69, 9.17) is 17.2 Å². The number of nitrogens with two attached hydrogens (primary N) is 3. The fourth-order valence-electron chi connectivity index (χ4n) is 3.21. The number of aliphatic carboxylic acids is 1. The van der Waals surface area contributed by atoms with Crippen LogP contribution in [0.5, 0.6) is 5.75 Å². The van der Waals surface area contributed by atoms with Crippen molar-refractivity contribution in [3.63, 3.8) is 0 Å². The summed E-state index contributed by atoms with van der Waals surface area (Å²) >= 11 is 0. The van der Waals surface area contributed by atoms with Crippen LogP contribution >= 0.6 is 0 Å². The van der Waals surface area contributed by atoms with Gasteiger partial charge in [0.05, 0.1) is 6.10 Å². The number of nitrogens with one attached hydrogen (secondary N) is 3. The molecule has 1 aromatic rings. The van der Waals surface area contributed by atoms with Gasteiger partial charge < -0.3 is 48.5 Å². The normalized spacial score (nSPS) is 14.7. The summed E-state index contributed by atoms with van der Waals surface area (Å²) in [6, 6.07) is 0.0263. The summed E-state index contributed by atoms with van der Waals surface area (Å²) in [6.45, 7) is 1.28. The number of amides is 5. The maximum Gasteiger partial charge on any atom is 0.326 e. The second kappa shape index (κ2) is 15.1. The van der Waals surface area contributed by atoms with Crippen molar-refractivity contribution in [3.05, 3.63) is 29.8 Å². The second-order valence-electron chi connectivity index (χ2n) is 8.67. The first-order valence-electron chi connectivity index (χ1n) is 11.6. The Labute approximate surface area is 218 Å². The van der Waals surface area contributed by atoms with Crippen LogP contribution in [0.15, 0.2) is 24.3 Å². The number of aromatic hydroxyl groups is 1. The summed E-state index contributed by atoms with van der Waals surface area (Å²) < 4.78 is 0. The highest BCUT2D eigenvalue weighted by molar-refractivity contribution is 5.94. The highest BCUT2D eigenvalue weighted by Gasteiger charge is 2.31. The quantitative estimate of drug-likeness (QED) is 0.101. The standard InChI is InChI=1S/C23H34N6O9/c1-11(30)19(26)22(36)29-16(10-12-2-4-13(31)5-3-12)21(35)27-14(6-8-17(24)32)20(34)28-15(23(37)38)7-9-18(25)33/h2-5,11,14-16,19,30-31H,6-10,26H2,1H3,(H2,24,32)(H2,25,33)(H,27,35)(H,28,34)(H,29,36)(H,37,38). The summed E-state index contributed by atoms with van der Waals surface area (Å²) in [5, 5.41) is 35.4. The van der Waals surface area contributed by atoms with Gasteiger partial charge >= 0.3 is 5.97 Å². The molecule has 12 N–H and O–H groups in total. The van der Waals surface area contributed by atoms with Crippen LogP contribution in [-0.4, -0.2) is 81.1 Å². The number of hydrogen-bond acceptors (Lipinski definition) is 9. The molecule has 0 bridgehead atoms. The smallest absolute Gasteiger partial charge is 0.326 e. The molecule has 1 rings (SSSR count). The Balaban J connectivity index is 3.16. The van der Waals surface area contributed by atoms with Gasteiger partial charge in [-0.15, -0.1) is 0 Å². The van der Waals surface area contributed by atoms with Crippen LogP contribution < -0.4 is 33.2 Å². The number of aliphatic hydroxyl groups is 1. The molecule has 38 heavy (non-hydrogen) atoms. The Kier molecular flexibility index (Phi) is 12.6. The lowest BCUT2D eigenvalue weighted by Gasteiger charge is -2.25. The first-order chi connectivity index (χ1) is 17.7. The van der Waals surface area contributed by atoms with Gasteiger partial charge in [-0.3, -0.25) is 24.0 Å². The largest absolute Gasteiger partial charge is 0.508 e. The van der Waals surface area contributed by atoms with E-state index >= 15 is 0 Å². The van der Waals surface area contributed by atoms with Gasteiger partial charge in [0.2, 0.25) is 29.5 Å². The van der Waals surface area contributed by atoms with E-state index in [2.05, 4.69) is 16.0 Å². The van der Waals surface area contributed by atoms with Crippen molar-refractivity contribution in [2.75, 3.05) is 0 Å². The van der Waals surface area contributed by atoms with E-state index in [1.807, 2.05) is 0 Å². The average molecular weight is 539 g/mol. The van der Waals surface area contributed by atoms with Crippen molar-refractivity contribution >= 4 is 35.5 Å². The minimum atomic E-state index is -1.51. The molecule has 210 valence electrons. The van der Waals surface area contributed by atoms with Crippen LogP contribution in [0, 0.1) is 0 Å². The Hall–Kier alpha value is -4.24. The molecule has 0 radical (unpaired) electrons. The Morgan fingerprint density at radius 1 is 0.789 bits per heavy atom. The monoisotopic (exact) mass is 538 g/mol. The summed E-state index contributed by atoms with van der Waals surface area (Å²) in [5.74, 6) is -5.81. The van der Waals surface area contributed by atoms with Gasteiger partial charge in [0, 0.05) is 19.3 Å². The zero-order valence-corrected chi connectivity index (χ0v) is 20.8.